The molecule has 2 atom stereocenters. The molecule has 0 radical (unpaired) electrons. The summed E-state index contributed by atoms with van der Waals surface area (Å²) in [6.07, 6.45) is -0.690. The van der Waals surface area contributed by atoms with Crippen LogP contribution in [0, 0.1) is 13.8 Å². The molecule has 114 valence electrons. The Hall–Kier alpha value is -2.22. The second-order valence-electron chi connectivity index (χ2n) is 5.19. The van der Waals surface area contributed by atoms with Crippen LogP contribution in [0.1, 0.15) is 41.8 Å². The maximum Gasteiger partial charge on any atom is 0.358 e. The topological polar surface area (TPSA) is 106 Å². The van der Waals surface area contributed by atoms with Crippen molar-refractivity contribution in [1.82, 2.24) is 24.8 Å². The number of hydrogen-bond donors (Lipinski definition) is 2. The van der Waals surface area contributed by atoms with Gasteiger partial charge in [0, 0.05) is 18.3 Å². The third-order valence-corrected chi connectivity index (χ3v) is 3.73. The predicted octanol–water partition coefficient (Wildman–Crippen LogP) is 0.935. The van der Waals surface area contributed by atoms with E-state index in [9.17, 15) is 15.0 Å². The number of aromatic nitrogens is 5. The van der Waals surface area contributed by atoms with Crippen molar-refractivity contribution in [2.24, 2.45) is 7.05 Å². The number of carbonyl (C=O) groups is 1. The van der Waals surface area contributed by atoms with E-state index in [1.54, 1.807) is 32.5 Å². The van der Waals surface area contributed by atoms with Crippen molar-refractivity contribution in [2.75, 3.05) is 0 Å². The monoisotopic (exact) mass is 293 g/mol. The lowest BCUT2D eigenvalue weighted by atomic mass is 10.1. The van der Waals surface area contributed by atoms with Gasteiger partial charge in [0.2, 0.25) is 0 Å². The van der Waals surface area contributed by atoms with E-state index in [-0.39, 0.29) is 5.69 Å². The Morgan fingerprint density at radius 3 is 2.33 bits per heavy atom. The third-order valence-electron chi connectivity index (χ3n) is 3.73. The summed E-state index contributed by atoms with van der Waals surface area (Å²) >= 11 is 0. The van der Waals surface area contributed by atoms with Crippen LogP contribution in [0.5, 0.6) is 0 Å². The van der Waals surface area contributed by atoms with Gasteiger partial charge in [-0.15, -0.1) is 5.10 Å². The number of aliphatic hydroxyl groups excluding tert-OH is 1. The lowest BCUT2D eigenvalue weighted by molar-refractivity contribution is 0.0691. The molecule has 0 aliphatic carbocycles. The SMILES string of the molecule is Cc1nn(C)c(C)c1-c1c(C(=O)O)nnn1C(C)C(C)O. The van der Waals surface area contributed by atoms with Crippen LogP contribution in [-0.4, -0.2) is 47.1 Å². The number of aryl methyl sites for hydroxylation is 2. The van der Waals surface area contributed by atoms with Crippen LogP contribution in [0.2, 0.25) is 0 Å². The molecule has 0 fully saturated rings. The molecule has 0 saturated carbocycles. The van der Waals surface area contributed by atoms with Crippen molar-refractivity contribution >= 4 is 5.97 Å². The molecule has 0 bridgehead atoms. The van der Waals surface area contributed by atoms with Crippen molar-refractivity contribution in [3.05, 3.63) is 17.1 Å². The summed E-state index contributed by atoms with van der Waals surface area (Å²) < 4.78 is 3.13. The van der Waals surface area contributed by atoms with Crippen LogP contribution in [0.3, 0.4) is 0 Å². The molecule has 2 N–H and O–H groups in total. The quantitative estimate of drug-likeness (QED) is 0.868. The van der Waals surface area contributed by atoms with E-state index in [1.807, 2.05) is 6.92 Å². The third kappa shape index (κ3) is 2.42. The van der Waals surface area contributed by atoms with E-state index in [0.29, 0.717) is 17.0 Å². The molecule has 0 aliphatic heterocycles. The molecular formula is C13H19N5O3. The van der Waals surface area contributed by atoms with Gasteiger partial charge in [0.05, 0.1) is 17.8 Å². The van der Waals surface area contributed by atoms with Gasteiger partial charge in [0.15, 0.2) is 5.69 Å². The van der Waals surface area contributed by atoms with Crippen molar-refractivity contribution in [2.45, 2.75) is 39.8 Å². The molecule has 21 heavy (non-hydrogen) atoms. The first-order chi connectivity index (χ1) is 9.75. The van der Waals surface area contributed by atoms with E-state index in [1.165, 1.54) is 4.68 Å². The lowest BCUT2D eigenvalue weighted by Gasteiger charge is -2.17. The highest BCUT2D eigenvalue weighted by Crippen LogP contribution is 2.31. The highest BCUT2D eigenvalue weighted by atomic mass is 16.4. The molecule has 0 spiro atoms. The normalized spacial score (nSPS) is 14.2. The molecule has 8 heteroatoms. The largest absolute Gasteiger partial charge is 0.476 e. The molecule has 0 aromatic carbocycles. The van der Waals surface area contributed by atoms with Gasteiger partial charge in [-0.25, -0.2) is 9.48 Å². The number of carboxylic acid groups (broad SMARTS) is 1. The second kappa shape index (κ2) is 5.28. The molecule has 0 amide bonds. The molecule has 0 saturated heterocycles. The summed E-state index contributed by atoms with van der Waals surface area (Å²) in [7, 11) is 1.79. The second-order valence-corrected chi connectivity index (χ2v) is 5.19. The van der Waals surface area contributed by atoms with E-state index < -0.39 is 18.1 Å². The first-order valence-corrected chi connectivity index (χ1v) is 6.62. The number of carboxylic acids is 1. The lowest BCUT2D eigenvalue weighted by Crippen LogP contribution is -2.21. The van der Waals surface area contributed by atoms with E-state index in [4.69, 9.17) is 0 Å². The van der Waals surface area contributed by atoms with Gasteiger partial charge in [-0.2, -0.15) is 5.10 Å². The Morgan fingerprint density at radius 1 is 1.29 bits per heavy atom. The highest BCUT2D eigenvalue weighted by molar-refractivity contribution is 5.93. The van der Waals surface area contributed by atoms with Crippen LogP contribution in [-0.2, 0) is 7.05 Å². The summed E-state index contributed by atoms with van der Waals surface area (Å²) in [5, 5.41) is 31.1. The summed E-state index contributed by atoms with van der Waals surface area (Å²) in [5.74, 6) is -1.16. The minimum absolute atomic E-state index is 0.137. The number of rotatable bonds is 4. The average molecular weight is 293 g/mol. The smallest absolute Gasteiger partial charge is 0.358 e. The van der Waals surface area contributed by atoms with Crippen molar-refractivity contribution < 1.29 is 15.0 Å². The molecule has 2 unspecified atom stereocenters. The molecule has 2 aromatic heterocycles. The van der Waals surface area contributed by atoms with Gasteiger partial charge in [0.1, 0.15) is 5.69 Å². The molecule has 0 aliphatic rings. The molecule has 2 heterocycles. The van der Waals surface area contributed by atoms with Gasteiger partial charge >= 0.3 is 5.97 Å². The Bertz CT molecular complexity index is 686. The summed E-state index contributed by atoms with van der Waals surface area (Å²) in [6, 6.07) is -0.403. The maximum atomic E-state index is 11.4. The zero-order chi connectivity index (χ0) is 15.9. The maximum absolute atomic E-state index is 11.4. The van der Waals surface area contributed by atoms with E-state index in [0.717, 1.165) is 5.69 Å². The van der Waals surface area contributed by atoms with Gasteiger partial charge in [-0.05, 0) is 27.7 Å². The predicted molar refractivity (Wildman–Crippen MR) is 75.0 cm³/mol. The molecule has 2 rings (SSSR count). The number of hydrogen-bond acceptors (Lipinski definition) is 5. The first-order valence-electron chi connectivity index (χ1n) is 6.62. The number of aromatic carboxylic acids is 1. The fraction of sp³-hybridized carbons (Fsp3) is 0.538. The van der Waals surface area contributed by atoms with E-state index >= 15 is 0 Å². The Labute approximate surface area is 122 Å². The minimum Gasteiger partial charge on any atom is -0.476 e. The van der Waals surface area contributed by atoms with Gasteiger partial charge in [-0.3, -0.25) is 4.68 Å². The van der Waals surface area contributed by atoms with E-state index in [2.05, 4.69) is 15.4 Å². The Balaban J connectivity index is 2.76. The first kappa shape index (κ1) is 15.2. The van der Waals surface area contributed by atoms with Crippen LogP contribution in [0.4, 0.5) is 0 Å². The Kier molecular flexibility index (Phi) is 3.82. The van der Waals surface area contributed by atoms with Crippen molar-refractivity contribution in [1.29, 1.82) is 0 Å². The average Bonchev–Trinajstić information content (AvgIpc) is 2.91. The van der Waals surface area contributed by atoms with Crippen molar-refractivity contribution in [3.8, 4) is 11.3 Å². The summed E-state index contributed by atoms with van der Waals surface area (Å²) in [5.41, 5.74) is 2.43. The summed E-state index contributed by atoms with van der Waals surface area (Å²) in [4.78, 5) is 11.4. The summed E-state index contributed by atoms with van der Waals surface area (Å²) in [6.45, 7) is 7.04. The standard InChI is InChI=1S/C13H19N5O3/c1-6-10(8(3)17(5)15-6)12-11(13(20)21)14-16-18(12)7(2)9(4)19/h7,9,19H,1-5H3,(H,20,21). The zero-order valence-corrected chi connectivity index (χ0v) is 12.7. The highest BCUT2D eigenvalue weighted by Gasteiger charge is 2.28. The molecule has 2 aromatic rings. The van der Waals surface area contributed by atoms with Gasteiger partial charge in [0.25, 0.3) is 0 Å². The van der Waals surface area contributed by atoms with Crippen LogP contribution < -0.4 is 0 Å². The zero-order valence-electron chi connectivity index (χ0n) is 12.7. The van der Waals surface area contributed by atoms with Crippen LogP contribution in [0.15, 0.2) is 0 Å². The Morgan fingerprint density at radius 2 is 1.90 bits per heavy atom. The van der Waals surface area contributed by atoms with Crippen LogP contribution >= 0.6 is 0 Å². The minimum atomic E-state index is -1.16. The molecule has 8 nitrogen and oxygen atoms in total. The molecular weight excluding hydrogens is 274 g/mol. The van der Waals surface area contributed by atoms with Gasteiger partial charge in [-0.1, -0.05) is 5.21 Å². The number of nitrogens with zero attached hydrogens (tertiary/aromatic N) is 5. The van der Waals surface area contributed by atoms with Gasteiger partial charge < -0.3 is 10.2 Å². The van der Waals surface area contributed by atoms with Crippen molar-refractivity contribution in [3.63, 3.8) is 0 Å². The fourth-order valence-corrected chi connectivity index (χ4v) is 2.28. The van der Waals surface area contributed by atoms with Crippen LogP contribution in [0.25, 0.3) is 11.3 Å². The number of aliphatic hydroxyl groups is 1. The fourth-order valence-electron chi connectivity index (χ4n) is 2.28.